The van der Waals surface area contributed by atoms with Crippen LogP contribution in [0.4, 0.5) is 8.78 Å². The molecule has 1 nitrogen and oxygen atoms in total. The molecule has 0 aliphatic heterocycles. The number of unbranched alkanes of at least 4 members (excludes halogenated alkanes) is 10. The molecule has 0 spiro atoms. The molecule has 0 aromatic heterocycles. The molecule has 3 aromatic rings. The van der Waals surface area contributed by atoms with Crippen LogP contribution < -0.4 is 4.74 Å². The molecule has 3 aromatic carbocycles. The van der Waals surface area contributed by atoms with Gasteiger partial charge in [0.25, 0.3) is 0 Å². The van der Waals surface area contributed by atoms with Crippen molar-refractivity contribution in [2.24, 2.45) is 0 Å². The van der Waals surface area contributed by atoms with Gasteiger partial charge in [-0.05, 0) is 59.6 Å². The maximum absolute atomic E-state index is 14.6. The number of hydrogen-bond acceptors (Lipinski definition) is 1. The van der Waals surface area contributed by atoms with Gasteiger partial charge >= 0.3 is 0 Å². The van der Waals surface area contributed by atoms with Gasteiger partial charge in [0.15, 0.2) is 11.6 Å². The van der Waals surface area contributed by atoms with Gasteiger partial charge in [-0.25, -0.2) is 4.39 Å². The van der Waals surface area contributed by atoms with Crippen LogP contribution in [-0.4, -0.2) is 0 Å². The third-order valence-electron chi connectivity index (χ3n) is 7.38. The van der Waals surface area contributed by atoms with Crippen LogP contribution in [0.3, 0.4) is 0 Å². The van der Waals surface area contributed by atoms with Gasteiger partial charge in [-0.2, -0.15) is 4.39 Å². The van der Waals surface area contributed by atoms with Crippen molar-refractivity contribution in [3.63, 3.8) is 0 Å². The highest BCUT2D eigenvalue weighted by Gasteiger charge is 2.14. The van der Waals surface area contributed by atoms with E-state index in [1.165, 1.54) is 68.9 Å². The fourth-order valence-corrected chi connectivity index (χ4v) is 4.90. The van der Waals surface area contributed by atoms with Crippen molar-refractivity contribution in [1.82, 2.24) is 0 Å². The summed E-state index contributed by atoms with van der Waals surface area (Å²) in [6.07, 6.45) is 16.4. The lowest BCUT2D eigenvalue weighted by atomic mass is 10.00. The van der Waals surface area contributed by atoms with E-state index in [4.69, 9.17) is 4.74 Å². The fraction of sp³-hybridized carbons (Fsp3) is 0.486. The highest BCUT2D eigenvalue weighted by molar-refractivity contribution is 5.64. The standard InChI is InChI=1S/C35H46F2O/c1-3-5-7-9-11-13-15-28-17-21-30(22-18-28)31-23-19-29(20-24-31)27-38-33-26-25-32(34(36)35(33)37)16-14-12-10-8-6-4-2/h17-26H,3-16,27H2,1-2H3. The van der Waals surface area contributed by atoms with Crippen LogP contribution in [0, 0.1) is 11.6 Å². The molecule has 0 unspecified atom stereocenters. The van der Waals surface area contributed by atoms with E-state index in [0.29, 0.717) is 12.0 Å². The predicted octanol–water partition coefficient (Wildman–Crippen LogP) is 11.0. The molecule has 0 saturated carbocycles. The summed E-state index contributed by atoms with van der Waals surface area (Å²) in [5.74, 6) is -1.68. The second-order valence-corrected chi connectivity index (χ2v) is 10.6. The normalized spacial score (nSPS) is 11.2. The second kappa shape index (κ2) is 17.0. The number of rotatable bonds is 18. The summed E-state index contributed by atoms with van der Waals surface area (Å²) >= 11 is 0. The van der Waals surface area contributed by atoms with E-state index in [2.05, 4.69) is 50.2 Å². The van der Waals surface area contributed by atoms with Crippen molar-refractivity contribution < 1.29 is 13.5 Å². The molecule has 0 bridgehead atoms. The molecule has 0 fully saturated rings. The zero-order chi connectivity index (χ0) is 27.0. The van der Waals surface area contributed by atoms with Crippen LogP contribution in [-0.2, 0) is 19.4 Å². The molecule has 0 radical (unpaired) electrons. The Balaban J connectivity index is 1.45. The highest BCUT2D eigenvalue weighted by atomic mass is 19.2. The molecule has 0 aliphatic rings. The highest BCUT2D eigenvalue weighted by Crippen LogP contribution is 2.26. The molecular formula is C35H46F2O. The number of halogens is 2. The summed E-state index contributed by atoms with van der Waals surface area (Å²) in [6, 6.07) is 20.1. The smallest absolute Gasteiger partial charge is 0.200 e. The van der Waals surface area contributed by atoms with Gasteiger partial charge in [0, 0.05) is 0 Å². The Morgan fingerprint density at radius 2 is 1.00 bits per heavy atom. The molecule has 206 valence electrons. The van der Waals surface area contributed by atoms with Gasteiger partial charge in [-0.15, -0.1) is 0 Å². The van der Waals surface area contributed by atoms with Crippen LogP contribution in [0.15, 0.2) is 60.7 Å². The minimum Gasteiger partial charge on any atom is -0.486 e. The van der Waals surface area contributed by atoms with E-state index in [9.17, 15) is 8.78 Å². The average Bonchev–Trinajstić information content (AvgIpc) is 2.95. The van der Waals surface area contributed by atoms with E-state index in [1.54, 1.807) is 12.1 Å². The van der Waals surface area contributed by atoms with Crippen molar-refractivity contribution in [3.8, 4) is 16.9 Å². The Kier molecular flexibility index (Phi) is 13.4. The Labute approximate surface area is 229 Å². The maximum atomic E-state index is 14.6. The Bertz CT molecular complexity index is 1060. The predicted molar refractivity (Wildman–Crippen MR) is 157 cm³/mol. The molecule has 0 aliphatic carbocycles. The number of benzene rings is 3. The van der Waals surface area contributed by atoms with E-state index in [-0.39, 0.29) is 12.4 Å². The van der Waals surface area contributed by atoms with E-state index >= 15 is 0 Å². The van der Waals surface area contributed by atoms with Gasteiger partial charge in [-0.1, -0.05) is 133 Å². The first-order valence-corrected chi connectivity index (χ1v) is 14.9. The molecule has 0 amide bonds. The summed E-state index contributed by atoms with van der Waals surface area (Å²) in [6.45, 7) is 4.64. The molecule has 0 N–H and O–H groups in total. The van der Waals surface area contributed by atoms with Crippen LogP contribution in [0.2, 0.25) is 0 Å². The molecule has 3 heteroatoms. The first kappa shape index (κ1) is 29.9. The molecule has 38 heavy (non-hydrogen) atoms. The van der Waals surface area contributed by atoms with Gasteiger partial charge in [-0.3, -0.25) is 0 Å². The Morgan fingerprint density at radius 1 is 0.500 bits per heavy atom. The summed E-state index contributed by atoms with van der Waals surface area (Å²) < 4.78 is 34.8. The number of hydrogen-bond donors (Lipinski definition) is 0. The topological polar surface area (TPSA) is 9.23 Å². The summed E-state index contributed by atoms with van der Waals surface area (Å²) in [5.41, 5.74) is 5.06. The molecule has 0 saturated heterocycles. The SMILES string of the molecule is CCCCCCCCc1ccc(-c2ccc(COc3ccc(CCCCCCCC)c(F)c3F)cc2)cc1. The maximum Gasteiger partial charge on any atom is 0.200 e. The lowest BCUT2D eigenvalue weighted by Crippen LogP contribution is -2.02. The first-order valence-electron chi connectivity index (χ1n) is 14.9. The lowest BCUT2D eigenvalue weighted by molar-refractivity contribution is 0.284. The average molecular weight is 521 g/mol. The molecule has 3 rings (SSSR count). The van der Waals surface area contributed by atoms with Crippen molar-refractivity contribution in [2.45, 2.75) is 110 Å². The monoisotopic (exact) mass is 520 g/mol. The van der Waals surface area contributed by atoms with Crippen LogP contribution in [0.1, 0.15) is 108 Å². The lowest BCUT2D eigenvalue weighted by Gasteiger charge is -2.11. The Morgan fingerprint density at radius 3 is 1.58 bits per heavy atom. The van der Waals surface area contributed by atoms with Crippen LogP contribution >= 0.6 is 0 Å². The van der Waals surface area contributed by atoms with E-state index in [1.807, 2.05) is 12.1 Å². The van der Waals surface area contributed by atoms with Crippen LogP contribution in [0.25, 0.3) is 11.1 Å². The fourth-order valence-electron chi connectivity index (χ4n) is 4.90. The van der Waals surface area contributed by atoms with E-state index in [0.717, 1.165) is 36.8 Å². The van der Waals surface area contributed by atoms with Crippen LogP contribution in [0.5, 0.6) is 5.75 Å². The third-order valence-corrected chi connectivity index (χ3v) is 7.38. The van der Waals surface area contributed by atoms with Gasteiger partial charge in [0.2, 0.25) is 5.82 Å². The van der Waals surface area contributed by atoms with Crippen molar-refractivity contribution in [2.75, 3.05) is 0 Å². The largest absolute Gasteiger partial charge is 0.486 e. The van der Waals surface area contributed by atoms with Crippen molar-refractivity contribution in [3.05, 3.63) is 89.0 Å². The number of aryl methyl sites for hydroxylation is 2. The Hall–Kier alpha value is -2.68. The van der Waals surface area contributed by atoms with E-state index < -0.39 is 11.6 Å². The van der Waals surface area contributed by atoms with Crippen molar-refractivity contribution in [1.29, 1.82) is 0 Å². The first-order chi connectivity index (χ1) is 18.6. The quantitative estimate of drug-likeness (QED) is 0.152. The van der Waals surface area contributed by atoms with Crippen molar-refractivity contribution >= 4 is 0 Å². The zero-order valence-corrected chi connectivity index (χ0v) is 23.5. The van der Waals surface area contributed by atoms with Gasteiger partial charge in [0.1, 0.15) is 6.61 Å². The minimum atomic E-state index is -0.883. The summed E-state index contributed by atoms with van der Waals surface area (Å²) in [5, 5.41) is 0. The molecule has 0 heterocycles. The summed E-state index contributed by atoms with van der Waals surface area (Å²) in [7, 11) is 0. The molecular weight excluding hydrogens is 474 g/mol. The van der Waals surface area contributed by atoms with Gasteiger partial charge < -0.3 is 4.74 Å². The van der Waals surface area contributed by atoms with Gasteiger partial charge in [0.05, 0.1) is 0 Å². The zero-order valence-electron chi connectivity index (χ0n) is 23.5. The molecule has 0 atom stereocenters. The minimum absolute atomic E-state index is 0.0285. The third kappa shape index (κ3) is 9.89. The second-order valence-electron chi connectivity index (χ2n) is 10.6. The number of ether oxygens (including phenoxy) is 1. The summed E-state index contributed by atoms with van der Waals surface area (Å²) in [4.78, 5) is 0.